The lowest BCUT2D eigenvalue weighted by Gasteiger charge is -2.09. The van der Waals surface area contributed by atoms with Gasteiger partial charge in [-0.1, -0.05) is 11.6 Å². The maximum absolute atomic E-state index is 12.6. The largest absolute Gasteiger partial charge is 0.417 e. The molecule has 7 nitrogen and oxygen atoms in total. The molecule has 0 unspecified atom stereocenters. The number of nitrogens with one attached hydrogen (secondary N) is 2. The van der Waals surface area contributed by atoms with Gasteiger partial charge in [-0.05, 0) is 30.3 Å². The topological polar surface area (TPSA) is 97.4 Å². The normalized spacial score (nSPS) is 12.0. The molecule has 1 heterocycles. The Morgan fingerprint density at radius 2 is 1.90 bits per heavy atom. The van der Waals surface area contributed by atoms with E-state index in [1.54, 1.807) is 0 Å². The highest BCUT2D eigenvalue weighted by atomic mass is 35.5. The van der Waals surface area contributed by atoms with Gasteiger partial charge in [-0.2, -0.15) is 13.2 Å². The van der Waals surface area contributed by atoms with E-state index in [1.165, 1.54) is 31.4 Å². The summed E-state index contributed by atoms with van der Waals surface area (Å²) in [6, 6.07) is 6.17. The second kappa shape index (κ2) is 11.1. The fraction of sp³-hybridized carbons (Fsp3) is 0.333. The summed E-state index contributed by atoms with van der Waals surface area (Å²) in [5, 5.41) is 2.73. The SMILES string of the molecule is COCCNS(=O)(=O)c1ccc(C(=O)NCCSc2ncc(C(F)(F)F)cc2Cl)cc1. The standard InChI is InChI=1S/C18H19ClF3N3O4S2/c1-29-8-6-25-31(27,28)14-4-2-12(3-5-14)16(26)23-7-9-30-17-15(19)10-13(11-24-17)18(20,21)22/h2-5,10-11,25H,6-9H2,1H3,(H,23,26). The van der Waals surface area contributed by atoms with Crippen molar-refractivity contribution in [3.05, 3.63) is 52.7 Å². The van der Waals surface area contributed by atoms with Crippen LogP contribution in [0.2, 0.25) is 5.02 Å². The number of hydrogen-bond donors (Lipinski definition) is 2. The number of rotatable bonds is 10. The van der Waals surface area contributed by atoms with Gasteiger partial charge in [0.2, 0.25) is 10.0 Å². The number of carbonyl (C=O) groups excluding carboxylic acids is 1. The summed E-state index contributed by atoms with van der Waals surface area (Å²) in [5.41, 5.74) is -0.680. The third-order valence-corrected chi connectivity index (χ3v) is 6.67. The van der Waals surface area contributed by atoms with Gasteiger partial charge in [0, 0.05) is 37.7 Å². The number of benzene rings is 1. The van der Waals surface area contributed by atoms with Crippen LogP contribution >= 0.6 is 23.4 Å². The van der Waals surface area contributed by atoms with Crippen LogP contribution in [0.1, 0.15) is 15.9 Å². The predicted molar refractivity (Wildman–Crippen MR) is 111 cm³/mol. The van der Waals surface area contributed by atoms with Gasteiger partial charge in [-0.3, -0.25) is 4.79 Å². The Hall–Kier alpha value is -1.86. The second-order valence-corrected chi connectivity index (χ2v) is 9.29. The first-order valence-corrected chi connectivity index (χ1v) is 11.6. The van der Waals surface area contributed by atoms with E-state index in [0.717, 1.165) is 17.8 Å². The molecule has 0 aliphatic rings. The average Bonchev–Trinajstić information content (AvgIpc) is 2.71. The van der Waals surface area contributed by atoms with Gasteiger partial charge < -0.3 is 10.1 Å². The summed E-state index contributed by atoms with van der Waals surface area (Å²) in [4.78, 5) is 15.9. The highest BCUT2D eigenvalue weighted by Gasteiger charge is 2.31. The second-order valence-electron chi connectivity index (χ2n) is 6.03. The maximum Gasteiger partial charge on any atom is 0.417 e. The van der Waals surface area contributed by atoms with E-state index in [4.69, 9.17) is 16.3 Å². The predicted octanol–water partition coefficient (Wildman–Crippen LogP) is 3.20. The number of aromatic nitrogens is 1. The van der Waals surface area contributed by atoms with E-state index < -0.39 is 27.7 Å². The van der Waals surface area contributed by atoms with Gasteiger partial charge in [0.25, 0.3) is 5.91 Å². The lowest BCUT2D eigenvalue weighted by Crippen LogP contribution is -2.28. The maximum atomic E-state index is 12.6. The molecule has 2 rings (SSSR count). The Morgan fingerprint density at radius 3 is 2.48 bits per heavy atom. The summed E-state index contributed by atoms with van der Waals surface area (Å²) in [7, 11) is -2.24. The molecule has 2 aromatic rings. The number of methoxy groups -OCH3 is 1. The number of amides is 1. The number of hydrogen-bond acceptors (Lipinski definition) is 6. The summed E-state index contributed by atoms with van der Waals surface area (Å²) in [5.74, 6) is -0.108. The van der Waals surface area contributed by atoms with Crippen molar-refractivity contribution >= 4 is 39.3 Å². The van der Waals surface area contributed by atoms with E-state index in [0.29, 0.717) is 11.9 Å². The van der Waals surface area contributed by atoms with E-state index in [1.807, 2.05) is 0 Å². The van der Waals surface area contributed by atoms with Gasteiger partial charge in [-0.15, -0.1) is 11.8 Å². The van der Waals surface area contributed by atoms with Gasteiger partial charge in [0.05, 0.1) is 22.1 Å². The third kappa shape index (κ3) is 7.65. The molecule has 31 heavy (non-hydrogen) atoms. The quantitative estimate of drug-likeness (QED) is 0.386. The van der Waals surface area contributed by atoms with Crippen LogP contribution in [-0.2, 0) is 20.9 Å². The Labute approximate surface area is 186 Å². The Kier molecular flexibility index (Phi) is 9.13. The molecular weight excluding hydrogens is 479 g/mol. The highest BCUT2D eigenvalue weighted by molar-refractivity contribution is 7.99. The summed E-state index contributed by atoms with van der Waals surface area (Å²) in [6.45, 7) is 0.544. The molecule has 0 saturated carbocycles. The molecular formula is C18H19ClF3N3O4S2. The van der Waals surface area contributed by atoms with Gasteiger partial charge in [0.15, 0.2) is 0 Å². The van der Waals surface area contributed by atoms with Crippen LogP contribution in [0.4, 0.5) is 13.2 Å². The van der Waals surface area contributed by atoms with Crippen LogP contribution in [0.5, 0.6) is 0 Å². The molecule has 170 valence electrons. The van der Waals surface area contributed by atoms with Crippen molar-refractivity contribution in [2.24, 2.45) is 0 Å². The first-order valence-electron chi connectivity index (χ1n) is 8.77. The molecule has 0 bridgehead atoms. The number of ether oxygens (including phenoxy) is 1. The third-order valence-electron chi connectivity index (χ3n) is 3.79. The number of thioether (sulfide) groups is 1. The molecule has 0 fully saturated rings. The van der Waals surface area contributed by atoms with Crippen molar-refractivity contribution in [2.45, 2.75) is 16.1 Å². The molecule has 2 N–H and O–H groups in total. The summed E-state index contributed by atoms with van der Waals surface area (Å²) < 4.78 is 69.2. The molecule has 0 radical (unpaired) electrons. The van der Waals surface area contributed by atoms with Crippen molar-refractivity contribution in [2.75, 3.05) is 32.6 Å². The number of halogens is 4. The molecule has 0 aliphatic carbocycles. The lowest BCUT2D eigenvalue weighted by molar-refractivity contribution is -0.137. The first-order chi connectivity index (χ1) is 14.5. The zero-order valence-electron chi connectivity index (χ0n) is 16.2. The average molecular weight is 498 g/mol. The van der Waals surface area contributed by atoms with E-state index in [9.17, 15) is 26.4 Å². The Balaban J connectivity index is 1.85. The van der Waals surface area contributed by atoms with Crippen LogP contribution in [-0.4, -0.2) is 51.9 Å². The number of carbonyl (C=O) groups is 1. The molecule has 0 aliphatic heterocycles. The Bertz CT molecular complexity index is 1000. The lowest BCUT2D eigenvalue weighted by atomic mass is 10.2. The minimum absolute atomic E-state index is 0.0127. The zero-order chi connectivity index (χ0) is 23.1. The fourth-order valence-corrected chi connectivity index (χ4v) is 4.31. The first kappa shape index (κ1) is 25.4. The van der Waals surface area contributed by atoms with Gasteiger partial charge in [0.1, 0.15) is 5.03 Å². The minimum atomic E-state index is -4.53. The fourth-order valence-electron chi connectivity index (χ4n) is 2.25. The summed E-state index contributed by atoms with van der Waals surface area (Å²) >= 11 is 6.93. The van der Waals surface area contributed by atoms with Crippen LogP contribution in [0.25, 0.3) is 0 Å². The minimum Gasteiger partial charge on any atom is -0.383 e. The molecule has 1 amide bonds. The molecule has 1 aromatic carbocycles. The molecule has 0 spiro atoms. The molecule has 13 heteroatoms. The van der Waals surface area contributed by atoms with Crippen LogP contribution in [0.15, 0.2) is 46.5 Å². The number of alkyl halides is 3. The van der Waals surface area contributed by atoms with E-state index in [-0.39, 0.29) is 40.2 Å². The molecule has 0 saturated heterocycles. The highest BCUT2D eigenvalue weighted by Crippen LogP contribution is 2.33. The summed E-state index contributed by atoms with van der Waals surface area (Å²) in [6.07, 6.45) is -3.82. The number of sulfonamides is 1. The monoisotopic (exact) mass is 497 g/mol. The zero-order valence-corrected chi connectivity index (χ0v) is 18.6. The number of nitrogens with zero attached hydrogens (tertiary/aromatic N) is 1. The molecule has 1 aromatic heterocycles. The van der Waals surface area contributed by atoms with Crippen LogP contribution in [0.3, 0.4) is 0 Å². The van der Waals surface area contributed by atoms with Gasteiger partial charge >= 0.3 is 6.18 Å². The van der Waals surface area contributed by atoms with Crippen molar-refractivity contribution in [3.8, 4) is 0 Å². The van der Waals surface area contributed by atoms with E-state index >= 15 is 0 Å². The van der Waals surface area contributed by atoms with Crippen LogP contribution in [0, 0.1) is 0 Å². The van der Waals surface area contributed by atoms with Crippen molar-refractivity contribution in [3.63, 3.8) is 0 Å². The smallest absolute Gasteiger partial charge is 0.383 e. The van der Waals surface area contributed by atoms with Crippen LogP contribution < -0.4 is 10.0 Å². The van der Waals surface area contributed by atoms with E-state index in [2.05, 4.69) is 15.0 Å². The molecule has 0 atom stereocenters. The van der Waals surface area contributed by atoms with Crippen molar-refractivity contribution in [1.82, 2.24) is 15.0 Å². The number of pyridine rings is 1. The van der Waals surface area contributed by atoms with Crippen molar-refractivity contribution < 1.29 is 31.1 Å². The van der Waals surface area contributed by atoms with Crippen molar-refractivity contribution in [1.29, 1.82) is 0 Å². The Morgan fingerprint density at radius 1 is 1.23 bits per heavy atom. The van der Waals surface area contributed by atoms with Gasteiger partial charge in [-0.25, -0.2) is 18.1 Å².